The summed E-state index contributed by atoms with van der Waals surface area (Å²) in [5.74, 6) is 2.51. The van der Waals surface area contributed by atoms with Gasteiger partial charge < -0.3 is 20.4 Å². The van der Waals surface area contributed by atoms with Crippen LogP contribution in [0, 0.1) is 0 Å². The van der Waals surface area contributed by atoms with E-state index in [0.29, 0.717) is 35.8 Å². The highest BCUT2D eigenvalue weighted by Crippen LogP contribution is 2.29. The van der Waals surface area contributed by atoms with Crippen LogP contribution < -0.4 is 15.8 Å². The molecule has 0 radical (unpaired) electrons. The number of aromatic nitrogens is 4. The summed E-state index contributed by atoms with van der Waals surface area (Å²) < 4.78 is 8.23. The molecule has 158 valence electrons. The second-order valence-corrected chi connectivity index (χ2v) is 8.14. The summed E-state index contributed by atoms with van der Waals surface area (Å²) in [6.07, 6.45) is 9.49. The van der Waals surface area contributed by atoms with Gasteiger partial charge in [0.15, 0.2) is 0 Å². The molecular weight excluding hydrogens is 412 g/mol. The van der Waals surface area contributed by atoms with Crippen molar-refractivity contribution in [3.8, 4) is 5.88 Å². The molecule has 4 heterocycles. The van der Waals surface area contributed by atoms with E-state index in [0.717, 1.165) is 47.2 Å². The number of hydrogen-bond acceptors (Lipinski definition) is 6. The third-order valence-corrected chi connectivity index (χ3v) is 5.96. The monoisotopic (exact) mass is 434 g/mol. The van der Waals surface area contributed by atoms with Crippen molar-refractivity contribution >= 4 is 33.9 Å². The van der Waals surface area contributed by atoms with Crippen molar-refractivity contribution in [1.29, 1.82) is 0 Å². The van der Waals surface area contributed by atoms with Gasteiger partial charge in [0.25, 0.3) is 0 Å². The minimum absolute atomic E-state index is 0.302. The molecule has 0 fully saturated rings. The summed E-state index contributed by atoms with van der Waals surface area (Å²) in [6.45, 7) is 2.25. The Kier molecular flexibility index (Phi) is 5.34. The van der Waals surface area contributed by atoms with Gasteiger partial charge in [-0.1, -0.05) is 11.6 Å². The van der Waals surface area contributed by atoms with Gasteiger partial charge in [-0.15, -0.1) is 0 Å². The number of nitrogens with two attached hydrogens (primary N) is 1. The van der Waals surface area contributed by atoms with E-state index in [1.807, 2.05) is 42.7 Å². The van der Waals surface area contributed by atoms with Gasteiger partial charge in [-0.25, -0.2) is 15.0 Å². The minimum Gasteiger partial charge on any atom is -0.477 e. The first-order valence-electron chi connectivity index (χ1n) is 10.3. The standard InChI is InChI=1S/C23H23ClN6O/c24-20-13-29-22(25)18-4-3-17(11-19(18)20)28-12-15-5-6-26-21(10-15)31-14-16-2-1-8-30-9-7-27-23(16)30/h3-7,9-11,13,16,28H,1-2,8,12,14H2,(H2,25,29)/t16-/m1/s1. The highest BCUT2D eigenvalue weighted by atomic mass is 35.5. The summed E-state index contributed by atoms with van der Waals surface area (Å²) >= 11 is 6.29. The molecule has 4 aromatic rings. The lowest BCUT2D eigenvalue weighted by Crippen LogP contribution is -2.21. The first-order valence-corrected chi connectivity index (χ1v) is 10.7. The maximum absolute atomic E-state index is 6.29. The van der Waals surface area contributed by atoms with Crippen LogP contribution in [-0.4, -0.2) is 26.1 Å². The van der Waals surface area contributed by atoms with E-state index < -0.39 is 0 Å². The quantitative estimate of drug-likeness (QED) is 0.459. The van der Waals surface area contributed by atoms with Crippen LogP contribution in [-0.2, 0) is 13.1 Å². The summed E-state index contributed by atoms with van der Waals surface area (Å²) in [5.41, 5.74) is 7.97. The molecule has 1 aliphatic heterocycles. The molecule has 0 unspecified atom stereocenters. The molecule has 3 N–H and O–H groups in total. The second-order valence-electron chi connectivity index (χ2n) is 7.74. The highest BCUT2D eigenvalue weighted by Gasteiger charge is 2.22. The Labute approximate surface area is 185 Å². The number of nitrogens with one attached hydrogen (secondary N) is 1. The lowest BCUT2D eigenvalue weighted by atomic mass is 10.00. The molecule has 8 heteroatoms. The van der Waals surface area contributed by atoms with E-state index in [4.69, 9.17) is 22.1 Å². The zero-order valence-corrected chi connectivity index (χ0v) is 17.7. The Morgan fingerprint density at radius 3 is 3.00 bits per heavy atom. The molecule has 7 nitrogen and oxygen atoms in total. The lowest BCUT2D eigenvalue weighted by molar-refractivity contribution is 0.250. The first-order chi connectivity index (χ1) is 15.2. The predicted octanol–water partition coefficient (Wildman–Crippen LogP) is 4.63. The Balaban J connectivity index is 1.24. The van der Waals surface area contributed by atoms with Gasteiger partial charge in [0.1, 0.15) is 11.6 Å². The van der Waals surface area contributed by atoms with Gasteiger partial charge in [-0.05, 0) is 42.7 Å². The van der Waals surface area contributed by atoms with Crippen molar-refractivity contribution in [1.82, 2.24) is 19.5 Å². The maximum Gasteiger partial charge on any atom is 0.213 e. The molecule has 5 rings (SSSR count). The molecular formula is C23H23ClN6O. The van der Waals surface area contributed by atoms with E-state index in [9.17, 15) is 0 Å². The fourth-order valence-electron chi connectivity index (χ4n) is 4.03. The maximum atomic E-state index is 6.29. The lowest BCUT2D eigenvalue weighted by Gasteiger charge is -2.23. The summed E-state index contributed by atoms with van der Waals surface area (Å²) in [6, 6.07) is 9.84. The topological polar surface area (TPSA) is 90.9 Å². The van der Waals surface area contributed by atoms with Gasteiger partial charge in [0.05, 0.1) is 17.5 Å². The number of ether oxygens (including phenoxy) is 1. The van der Waals surface area contributed by atoms with Crippen LogP contribution in [0.1, 0.15) is 30.1 Å². The van der Waals surface area contributed by atoms with Crippen LogP contribution in [0.3, 0.4) is 0 Å². The van der Waals surface area contributed by atoms with Crippen molar-refractivity contribution in [2.24, 2.45) is 0 Å². The molecule has 31 heavy (non-hydrogen) atoms. The molecule has 0 aliphatic carbocycles. The number of nitrogens with zero attached hydrogens (tertiary/aromatic N) is 4. The van der Waals surface area contributed by atoms with E-state index in [1.165, 1.54) is 0 Å². The van der Waals surface area contributed by atoms with Crippen molar-refractivity contribution < 1.29 is 4.74 Å². The van der Waals surface area contributed by atoms with Gasteiger partial charge in [0.2, 0.25) is 5.88 Å². The predicted molar refractivity (Wildman–Crippen MR) is 122 cm³/mol. The Morgan fingerprint density at radius 2 is 2.06 bits per heavy atom. The zero-order chi connectivity index (χ0) is 21.2. The average Bonchev–Trinajstić information content (AvgIpc) is 3.29. The van der Waals surface area contributed by atoms with Crippen LogP contribution in [0.2, 0.25) is 5.02 Å². The number of anilines is 2. The molecule has 3 aromatic heterocycles. The van der Waals surface area contributed by atoms with E-state index in [2.05, 4.69) is 24.8 Å². The fourth-order valence-corrected chi connectivity index (χ4v) is 4.24. The average molecular weight is 435 g/mol. The van der Waals surface area contributed by atoms with Crippen LogP contribution in [0.4, 0.5) is 11.5 Å². The molecule has 1 aliphatic rings. The Bertz CT molecular complexity index is 1220. The van der Waals surface area contributed by atoms with Crippen molar-refractivity contribution in [3.63, 3.8) is 0 Å². The normalized spacial score (nSPS) is 15.6. The van der Waals surface area contributed by atoms with Crippen LogP contribution >= 0.6 is 11.6 Å². The van der Waals surface area contributed by atoms with Gasteiger partial charge in [-0.3, -0.25) is 0 Å². The zero-order valence-electron chi connectivity index (χ0n) is 17.0. The van der Waals surface area contributed by atoms with Crippen LogP contribution in [0.25, 0.3) is 10.8 Å². The highest BCUT2D eigenvalue weighted by molar-refractivity contribution is 6.35. The number of pyridine rings is 2. The van der Waals surface area contributed by atoms with E-state index >= 15 is 0 Å². The number of hydrogen-bond donors (Lipinski definition) is 2. The summed E-state index contributed by atoms with van der Waals surface area (Å²) in [5, 5.41) is 5.73. The number of aryl methyl sites for hydroxylation is 1. The van der Waals surface area contributed by atoms with Crippen molar-refractivity contribution in [3.05, 3.63) is 71.5 Å². The van der Waals surface area contributed by atoms with Crippen molar-refractivity contribution in [2.45, 2.75) is 31.8 Å². The third-order valence-electron chi connectivity index (χ3n) is 5.66. The smallest absolute Gasteiger partial charge is 0.213 e. The molecule has 0 saturated carbocycles. The number of nitrogen functional groups attached to an aromatic ring is 1. The summed E-state index contributed by atoms with van der Waals surface area (Å²) in [7, 11) is 0. The summed E-state index contributed by atoms with van der Waals surface area (Å²) in [4.78, 5) is 13.0. The number of imidazole rings is 1. The number of halogens is 1. The SMILES string of the molecule is Nc1ncc(Cl)c2cc(NCc3ccnc(OC[C@H]4CCCn5ccnc54)c3)ccc12. The van der Waals surface area contributed by atoms with Gasteiger partial charge >= 0.3 is 0 Å². The fraction of sp³-hybridized carbons (Fsp3) is 0.261. The first kappa shape index (κ1) is 19.6. The van der Waals surface area contributed by atoms with Crippen molar-refractivity contribution in [2.75, 3.05) is 17.7 Å². The molecule has 0 amide bonds. The molecule has 1 aromatic carbocycles. The molecule has 0 saturated heterocycles. The third kappa shape index (κ3) is 4.14. The molecule has 1 atom stereocenters. The molecule has 0 spiro atoms. The van der Waals surface area contributed by atoms with E-state index in [1.54, 1.807) is 12.4 Å². The Hall–Kier alpha value is -3.32. The van der Waals surface area contributed by atoms with Crippen LogP contribution in [0.15, 0.2) is 55.1 Å². The molecule has 0 bridgehead atoms. The largest absolute Gasteiger partial charge is 0.477 e. The van der Waals surface area contributed by atoms with Gasteiger partial charge in [-0.2, -0.15) is 0 Å². The second kappa shape index (κ2) is 8.43. The number of rotatable bonds is 6. The Morgan fingerprint density at radius 1 is 1.13 bits per heavy atom. The van der Waals surface area contributed by atoms with Gasteiger partial charge in [0, 0.05) is 60.4 Å². The number of fused-ring (bicyclic) bond motifs is 2. The van der Waals surface area contributed by atoms with E-state index in [-0.39, 0.29) is 0 Å². The minimum atomic E-state index is 0.302. The van der Waals surface area contributed by atoms with Crippen LogP contribution in [0.5, 0.6) is 5.88 Å². The number of benzene rings is 1.